The second-order valence-corrected chi connectivity index (χ2v) is 5.46. The van der Waals surface area contributed by atoms with Crippen LogP contribution in [-0.2, 0) is 0 Å². The van der Waals surface area contributed by atoms with Gasteiger partial charge in [-0.15, -0.1) is 0 Å². The van der Waals surface area contributed by atoms with Crippen molar-refractivity contribution in [3.05, 3.63) is 18.0 Å². The second-order valence-electron chi connectivity index (χ2n) is 5.46. The van der Waals surface area contributed by atoms with Crippen LogP contribution < -0.4 is 0 Å². The van der Waals surface area contributed by atoms with E-state index >= 15 is 0 Å². The van der Waals surface area contributed by atoms with Gasteiger partial charge in [-0.3, -0.25) is 9.89 Å². The number of aromatic nitrogens is 2. The summed E-state index contributed by atoms with van der Waals surface area (Å²) in [5, 5.41) is 6.14. The summed E-state index contributed by atoms with van der Waals surface area (Å²) in [4.78, 5) is 10.4. The first-order valence-electron chi connectivity index (χ1n) is 8.15. The van der Waals surface area contributed by atoms with Gasteiger partial charge in [-0.1, -0.05) is 72.1 Å². The van der Waals surface area contributed by atoms with Gasteiger partial charge in [0.2, 0.25) is 0 Å². The van der Waals surface area contributed by atoms with E-state index in [1.807, 2.05) is 0 Å². The lowest BCUT2D eigenvalue weighted by Crippen LogP contribution is -2.03. The molecule has 0 radical (unpaired) electrons. The number of ketones is 1. The fourth-order valence-electron chi connectivity index (χ4n) is 2.04. The summed E-state index contributed by atoms with van der Waals surface area (Å²) >= 11 is 0. The van der Waals surface area contributed by atoms with Crippen molar-refractivity contribution in [1.29, 1.82) is 0 Å². The smallest absolute Gasteiger partial charge is 0.162 e. The van der Waals surface area contributed by atoms with Crippen LogP contribution >= 0.6 is 0 Å². The number of rotatable bonds is 3. The Morgan fingerprint density at radius 2 is 1.80 bits per heavy atom. The molecule has 0 unspecified atom stereocenters. The minimum absolute atomic E-state index is 0.0405. The van der Waals surface area contributed by atoms with Crippen molar-refractivity contribution in [2.24, 2.45) is 5.92 Å². The van der Waals surface area contributed by atoms with Gasteiger partial charge in [-0.05, 0) is 12.8 Å². The van der Waals surface area contributed by atoms with Crippen LogP contribution in [0.2, 0.25) is 0 Å². The predicted octanol–water partition coefficient (Wildman–Crippen LogP) is 5.40. The number of carbonyl (C=O) groups excluding carboxylic acids is 1. The standard InChI is InChI=1S/C8H16.C5H6N2O.C4H10/c1-2-8-6-4-3-5-7-8;1-4(8)5-2-6-7-3-5;1-3-4-2/h8H,2-7H2,1H3;2-3H,1H3,(H,6,7);3-4H2,1-2H3. The highest BCUT2D eigenvalue weighted by Gasteiger charge is 2.09. The molecule has 116 valence electrons. The molecule has 0 bridgehead atoms. The van der Waals surface area contributed by atoms with Gasteiger partial charge in [0.05, 0.1) is 11.8 Å². The van der Waals surface area contributed by atoms with Crippen LogP contribution in [0.25, 0.3) is 0 Å². The molecular weight excluding hydrogens is 248 g/mol. The largest absolute Gasteiger partial charge is 0.294 e. The van der Waals surface area contributed by atoms with Gasteiger partial charge in [0.25, 0.3) is 0 Å². The fourth-order valence-corrected chi connectivity index (χ4v) is 2.04. The van der Waals surface area contributed by atoms with Crippen LogP contribution in [0.4, 0.5) is 0 Å². The van der Waals surface area contributed by atoms with Gasteiger partial charge in [0.15, 0.2) is 5.78 Å². The second kappa shape index (κ2) is 12.9. The molecule has 3 heteroatoms. The molecule has 2 rings (SSSR count). The molecule has 1 heterocycles. The van der Waals surface area contributed by atoms with E-state index in [1.165, 1.54) is 64.5 Å². The van der Waals surface area contributed by atoms with Crippen LogP contribution in [0.15, 0.2) is 12.4 Å². The Morgan fingerprint density at radius 1 is 1.20 bits per heavy atom. The van der Waals surface area contributed by atoms with Crippen molar-refractivity contribution < 1.29 is 4.79 Å². The first-order chi connectivity index (χ1) is 9.65. The summed E-state index contributed by atoms with van der Waals surface area (Å²) in [5.41, 5.74) is 0.630. The van der Waals surface area contributed by atoms with Gasteiger partial charge in [0.1, 0.15) is 0 Å². The fraction of sp³-hybridized carbons (Fsp3) is 0.765. The van der Waals surface area contributed by atoms with Crippen molar-refractivity contribution in [3.8, 4) is 0 Å². The summed E-state index contributed by atoms with van der Waals surface area (Å²) in [5.74, 6) is 1.13. The molecule has 0 aromatic carbocycles. The Bertz CT molecular complexity index is 312. The van der Waals surface area contributed by atoms with E-state index in [-0.39, 0.29) is 5.78 Å². The molecule has 0 amide bonds. The van der Waals surface area contributed by atoms with E-state index < -0.39 is 0 Å². The van der Waals surface area contributed by atoms with Crippen molar-refractivity contribution in [1.82, 2.24) is 10.2 Å². The van der Waals surface area contributed by atoms with Crippen LogP contribution in [0, 0.1) is 5.92 Å². The minimum atomic E-state index is 0.0405. The van der Waals surface area contributed by atoms with Gasteiger partial charge in [-0.25, -0.2) is 0 Å². The maximum atomic E-state index is 10.4. The zero-order chi connectivity index (χ0) is 15.2. The third-order valence-corrected chi connectivity index (χ3v) is 3.71. The molecule has 1 saturated carbocycles. The number of aromatic amines is 1. The zero-order valence-corrected chi connectivity index (χ0v) is 13.7. The van der Waals surface area contributed by atoms with Gasteiger partial charge >= 0.3 is 0 Å². The molecule has 1 N–H and O–H groups in total. The average molecular weight is 280 g/mol. The predicted molar refractivity (Wildman–Crippen MR) is 86.0 cm³/mol. The molecule has 0 atom stereocenters. The number of nitrogens with one attached hydrogen (secondary N) is 1. The van der Waals surface area contributed by atoms with Crippen LogP contribution in [-0.4, -0.2) is 16.0 Å². The van der Waals surface area contributed by atoms with E-state index in [0.717, 1.165) is 5.92 Å². The molecule has 0 spiro atoms. The Hall–Kier alpha value is -1.12. The summed E-state index contributed by atoms with van der Waals surface area (Å²) in [6, 6.07) is 0. The molecule has 0 aliphatic heterocycles. The normalized spacial score (nSPS) is 14.6. The third kappa shape index (κ3) is 9.76. The highest BCUT2D eigenvalue weighted by Crippen LogP contribution is 2.25. The number of carbonyl (C=O) groups is 1. The van der Waals surface area contributed by atoms with Crippen molar-refractivity contribution in [2.75, 3.05) is 0 Å². The number of nitrogens with zero attached hydrogens (tertiary/aromatic N) is 1. The van der Waals surface area contributed by atoms with Gasteiger partial charge in [0, 0.05) is 6.20 Å². The quantitative estimate of drug-likeness (QED) is 0.754. The average Bonchev–Trinajstić information content (AvgIpc) is 3.03. The third-order valence-electron chi connectivity index (χ3n) is 3.71. The van der Waals surface area contributed by atoms with Crippen molar-refractivity contribution in [3.63, 3.8) is 0 Å². The minimum Gasteiger partial charge on any atom is -0.294 e. The van der Waals surface area contributed by atoms with E-state index in [2.05, 4.69) is 31.0 Å². The Balaban J connectivity index is 0.000000289. The number of unbranched alkanes of at least 4 members (excludes halogenated alkanes) is 1. The highest BCUT2D eigenvalue weighted by molar-refractivity contribution is 5.93. The maximum Gasteiger partial charge on any atom is 0.162 e. The lowest BCUT2D eigenvalue weighted by molar-refractivity contribution is 0.101. The molecule has 1 aliphatic rings. The van der Waals surface area contributed by atoms with Gasteiger partial charge in [-0.2, -0.15) is 5.10 Å². The molecule has 1 aromatic rings. The monoisotopic (exact) mass is 280 g/mol. The van der Waals surface area contributed by atoms with E-state index in [0.29, 0.717) is 5.56 Å². The van der Waals surface area contributed by atoms with Crippen LogP contribution in [0.3, 0.4) is 0 Å². The summed E-state index contributed by atoms with van der Waals surface area (Å²) in [7, 11) is 0. The van der Waals surface area contributed by atoms with Crippen LogP contribution in [0.1, 0.15) is 89.4 Å². The Labute approximate surface area is 124 Å². The lowest BCUT2D eigenvalue weighted by Gasteiger charge is -2.18. The zero-order valence-electron chi connectivity index (χ0n) is 13.7. The molecular formula is C17H32N2O. The summed E-state index contributed by atoms with van der Waals surface area (Å²) in [6.07, 6.45) is 14.6. The number of hydrogen-bond acceptors (Lipinski definition) is 2. The molecule has 1 aromatic heterocycles. The molecule has 1 aliphatic carbocycles. The first kappa shape index (κ1) is 18.9. The first-order valence-corrected chi connectivity index (χ1v) is 8.15. The van der Waals surface area contributed by atoms with Gasteiger partial charge < -0.3 is 0 Å². The Kier molecular flexibility index (Phi) is 12.2. The lowest BCUT2D eigenvalue weighted by atomic mass is 9.88. The number of H-pyrrole nitrogens is 1. The SMILES string of the molecule is CC(=O)c1cn[nH]c1.CCC1CCCCC1.CCCC. The van der Waals surface area contributed by atoms with Crippen LogP contribution in [0.5, 0.6) is 0 Å². The maximum absolute atomic E-state index is 10.4. The van der Waals surface area contributed by atoms with Crippen molar-refractivity contribution >= 4 is 5.78 Å². The Morgan fingerprint density at radius 3 is 2.05 bits per heavy atom. The number of Topliss-reactive ketones (excluding diaryl/α,β-unsaturated/α-hetero) is 1. The summed E-state index contributed by atoms with van der Waals surface area (Å²) < 4.78 is 0. The molecule has 3 nitrogen and oxygen atoms in total. The summed E-state index contributed by atoms with van der Waals surface area (Å²) in [6.45, 7) is 8.18. The van der Waals surface area contributed by atoms with E-state index in [1.54, 1.807) is 6.20 Å². The molecule has 20 heavy (non-hydrogen) atoms. The number of hydrogen-bond donors (Lipinski definition) is 1. The van der Waals surface area contributed by atoms with Crippen molar-refractivity contribution in [2.45, 2.75) is 79.1 Å². The van der Waals surface area contributed by atoms with E-state index in [9.17, 15) is 4.79 Å². The van der Waals surface area contributed by atoms with E-state index in [4.69, 9.17) is 0 Å². The highest BCUT2D eigenvalue weighted by atomic mass is 16.1. The molecule has 1 fully saturated rings. The topological polar surface area (TPSA) is 45.8 Å². The molecule has 0 saturated heterocycles.